The van der Waals surface area contributed by atoms with E-state index in [0.29, 0.717) is 32.7 Å². The van der Waals surface area contributed by atoms with E-state index in [-0.39, 0.29) is 30.0 Å². The molecule has 6 heteroatoms. The zero-order valence-corrected chi connectivity index (χ0v) is 17.0. The number of halogens is 1. The van der Waals surface area contributed by atoms with Crippen molar-refractivity contribution in [1.82, 2.24) is 4.90 Å². The van der Waals surface area contributed by atoms with E-state index in [2.05, 4.69) is 17.0 Å². The van der Waals surface area contributed by atoms with Crippen LogP contribution >= 0.6 is 0 Å². The maximum absolute atomic E-state index is 13.1. The van der Waals surface area contributed by atoms with Crippen LogP contribution in [-0.2, 0) is 22.4 Å². The highest BCUT2D eigenvalue weighted by molar-refractivity contribution is 6.00. The van der Waals surface area contributed by atoms with E-state index in [9.17, 15) is 14.0 Å². The molecule has 30 heavy (non-hydrogen) atoms. The van der Waals surface area contributed by atoms with Crippen molar-refractivity contribution in [2.75, 3.05) is 42.5 Å². The second kappa shape index (κ2) is 7.74. The maximum atomic E-state index is 13.1. The number of benzene rings is 2. The molecule has 2 aromatic rings. The minimum absolute atomic E-state index is 0.0382. The zero-order valence-electron chi connectivity index (χ0n) is 17.0. The smallest absolute Gasteiger partial charge is 0.228 e. The fourth-order valence-corrected chi connectivity index (χ4v) is 4.94. The SMILES string of the molecule is O=C(C1CC(=O)N(c2ccc3c(c2)CCC3)C1)N1CCN(c2ccc(F)cc2)CC1. The number of carbonyl (C=O) groups excluding carboxylic acids is 2. The normalized spacial score (nSPS) is 21.3. The molecule has 1 unspecified atom stereocenters. The summed E-state index contributed by atoms with van der Waals surface area (Å²) < 4.78 is 13.1. The van der Waals surface area contributed by atoms with Crippen LogP contribution in [-0.4, -0.2) is 49.4 Å². The number of amides is 2. The topological polar surface area (TPSA) is 43.9 Å². The number of hydrogen-bond acceptors (Lipinski definition) is 3. The van der Waals surface area contributed by atoms with Gasteiger partial charge in [0.15, 0.2) is 0 Å². The molecular formula is C24H26FN3O2. The molecular weight excluding hydrogens is 381 g/mol. The lowest BCUT2D eigenvalue weighted by Gasteiger charge is -2.37. The quantitative estimate of drug-likeness (QED) is 0.786. The second-order valence-electron chi connectivity index (χ2n) is 8.50. The molecule has 2 saturated heterocycles. The summed E-state index contributed by atoms with van der Waals surface area (Å²) in [5.41, 5.74) is 4.63. The maximum Gasteiger partial charge on any atom is 0.228 e. The Morgan fingerprint density at radius 1 is 0.900 bits per heavy atom. The molecule has 0 saturated carbocycles. The molecule has 0 aromatic heterocycles. The first-order chi connectivity index (χ1) is 14.6. The molecule has 2 heterocycles. The predicted molar refractivity (Wildman–Crippen MR) is 114 cm³/mol. The van der Waals surface area contributed by atoms with Crippen molar-refractivity contribution in [3.63, 3.8) is 0 Å². The summed E-state index contributed by atoms with van der Waals surface area (Å²) in [6.45, 7) is 3.15. The van der Waals surface area contributed by atoms with E-state index in [4.69, 9.17) is 0 Å². The van der Waals surface area contributed by atoms with Gasteiger partial charge in [0.25, 0.3) is 0 Å². The average Bonchev–Trinajstić information content (AvgIpc) is 3.40. The number of hydrogen-bond donors (Lipinski definition) is 0. The van der Waals surface area contributed by atoms with E-state index < -0.39 is 0 Å². The zero-order chi connectivity index (χ0) is 20.7. The molecule has 3 aliphatic rings. The van der Waals surface area contributed by atoms with Crippen LogP contribution in [0, 0.1) is 11.7 Å². The summed E-state index contributed by atoms with van der Waals surface area (Å²) in [5.74, 6) is -0.406. The molecule has 1 atom stereocenters. The molecule has 0 radical (unpaired) electrons. The molecule has 2 amide bonds. The van der Waals surface area contributed by atoms with Gasteiger partial charge in [-0.2, -0.15) is 0 Å². The second-order valence-corrected chi connectivity index (χ2v) is 8.50. The number of anilines is 2. The van der Waals surface area contributed by atoms with Crippen molar-refractivity contribution in [3.8, 4) is 0 Å². The van der Waals surface area contributed by atoms with Gasteiger partial charge < -0.3 is 14.7 Å². The first kappa shape index (κ1) is 19.1. The first-order valence-corrected chi connectivity index (χ1v) is 10.8. The summed E-state index contributed by atoms with van der Waals surface area (Å²) in [5, 5.41) is 0. The summed E-state index contributed by atoms with van der Waals surface area (Å²) in [6, 6.07) is 12.8. The summed E-state index contributed by atoms with van der Waals surface area (Å²) in [6.07, 6.45) is 3.66. The van der Waals surface area contributed by atoms with E-state index in [1.165, 1.54) is 29.7 Å². The van der Waals surface area contributed by atoms with Crippen molar-refractivity contribution < 1.29 is 14.0 Å². The Bertz CT molecular complexity index is 967. The van der Waals surface area contributed by atoms with Gasteiger partial charge in [-0.15, -0.1) is 0 Å². The van der Waals surface area contributed by atoms with Crippen molar-refractivity contribution in [2.24, 2.45) is 5.92 Å². The van der Waals surface area contributed by atoms with E-state index in [1.54, 1.807) is 17.0 Å². The third kappa shape index (κ3) is 3.55. The predicted octanol–water partition coefficient (Wildman–Crippen LogP) is 3.02. The van der Waals surface area contributed by atoms with Gasteiger partial charge in [0.05, 0.1) is 5.92 Å². The van der Waals surface area contributed by atoms with Gasteiger partial charge in [0, 0.05) is 50.5 Å². The Balaban J connectivity index is 1.21. The molecule has 0 spiro atoms. The Hall–Kier alpha value is -2.89. The standard InChI is InChI=1S/C24H26FN3O2/c25-20-5-8-21(9-6-20)26-10-12-27(13-11-26)24(30)19-15-23(29)28(16-19)22-7-4-17-2-1-3-18(17)14-22/h4-9,14,19H,1-3,10-13,15-16H2. The highest BCUT2D eigenvalue weighted by Gasteiger charge is 2.38. The minimum Gasteiger partial charge on any atom is -0.368 e. The van der Waals surface area contributed by atoms with Gasteiger partial charge >= 0.3 is 0 Å². The number of aryl methyl sites for hydroxylation is 2. The van der Waals surface area contributed by atoms with Gasteiger partial charge in [0.2, 0.25) is 11.8 Å². The van der Waals surface area contributed by atoms with Crippen LogP contribution in [0.2, 0.25) is 0 Å². The van der Waals surface area contributed by atoms with Crippen LogP contribution in [0.15, 0.2) is 42.5 Å². The first-order valence-electron chi connectivity index (χ1n) is 10.8. The fourth-order valence-electron chi connectivity index (χ4n) is 4.94. The van der Waals surface area contributed by atoms with E-state index in [1.807, 2.05) is 11.0 Å². The molecule has 2 aromatic carbocycles. The van der Waals surface area contributed by atoms with Crippen molar-refractivity contribution in [1.29, 1.82) is 0 Å². The molecule has 2 aliphatic heterocycles. The summed E-state index contributed by atoms with van der Waals surface area (Å²) in [4.78, 5) is 31.6. The molecule has 0 bridgehead atoms. The lowest BCUT2D eigenvalue weighted by atomic mass is 10.1. The Labute approximate surface area is 176 Å². The van der Waals surface area contributed by atoms with Crippen molar-refractivity contribution in [2.45, 2.75) is 25.7 Å². The van der Waals surface area contributed by atoms with Gasteiger partial charge in [-0.3, -0.25) is 9.59 Å². The van der Waals surface area contributed by atoms with Gasteiger partial charge in [-0.1, -0.05) is 6.07 Å². The number of carbonyl (C=O) groups is 2. The number of rotatable bonds is 3. The van der Waals surface area contributed by atoms with Gasteiger partial charge in [-0.25, -0.2) is 4.39 Å². The number of fused-ring (bicyclic) bond motifs is 1. The Morgan fingerprint density at radius 2 is 1.60 bits per heavy atom. The van der Waals surface area contributed by atoms with Crippen molar-refractivity contribution in [3.05, 3.63) is 59.4 Å². The molecule has 1 aliphatic carbocycles. The van der Waals surface area contributed by atoms with E-state index in [0.717, 1.165) is 24.2 Å². The highest BCUT2D eigenvalue weighted by atomic mass is 19.1. The molecule has 156 valence electrons. The van der Waals surface area contributed by atoms with E-state index >= 15 is 0 Å². The molecule has 0 N–H and O–H groups in total. The highest BCUT2D eigenvalue weighted by Crippen LogP contribution is 2.31. The third-order valence-electron chi connectivity index (χ3n) is 6.65. The number of nitrogens with zero attached hydrogens (tertiary/aromatic N) is 3. The lowest BCUT2D eigenvalue weighted by Crippen LogP contribution is -2.50. The van der Waals surface area contributed by atoms with Gasteiger partial charge in [-0.05, 0) is 66.8 Å². The fraction of sp³-hybridized carbons (Fsp3) is 0.417. The van der Waals surface area contributed by atoms with Crippen LogP contribution in [0.1, 0.15) is 24.0 Å². The van der Waals surface area contributed by atoms with Crippen LogP contribution in [0.5, 0.6) is 0 Å². The van der Waals surface area contributed by atoms with Gasteiger partial charge in [0.1, 0.15) is 5.82 Å². The number of piperazine rings is 1. The molecule has 5 nitrogen and oxygen atoms in total. The molecule has 5 rings (SSSR count). The summed E-state index contributed by atoms with van der Waals surface area (Å²) >= 11 is 0. The summed E-state index contributed by atoms with van der Waals surface area (Å²) in [7, 11) is 0. The monoisotopic (exact) mass is 407 g/mol. The molecule has 2 fully saturated rings. The van der Waals surface area contributed by atoms with Crippen LogP contribution in [0.3, 0.4) is 0 Å². The Kier molecular flexibility index (Phi) is 4.93. The average molecular weight is 407 g/mol. The minimum atomic E-state index is -0.275. The van der Waals surface area contributed by atoms with Crippen molar-refractivity contribution >= 4 is 23.2 Å². The lowest BCUT2D eigenvalue weighted by molar-refractivity contribution is -0.136. The largest absolute Gasteiger partial charge is 0.368 e. The Morgan fingerprint density at radius 3 is 2.37 bits per heavy atom. The third-order valence-corrected chi connectivity index (χ3v) is 6.65. The van der Waals surface area contributed by atoms with Crippen LogP contribution in [0.4, 0.5) is 15.8 Å². The van der Waals surface area contributed by atoms with Crippen LogP contribution in [0.25, 0.3) is 0 Å². The van der Waals surface area contributed by atoms with Crippen LogP contribution < -0.4 is 9.80 Å².